The molecular formula is C23H49N. The van der Waals surface area contributed by atoms with E-state index in [4.69, 9.17) is 5.73 Å². The lowest BCUT2D eigenvalue weighted by Gasteiger charge is -2.25. The van der Waals surface area contributed by atoms with Gasteiger partial charge in [-0.2, -0.15) is 0 Å². The summed E-state index contributed by atoms with van der Waals surface area (Å²) in [6, 6.07) is 0. The van der Waals surface area contributed by atoms with Crippen molar-refractivity contribution in [3.8, 4) is 0 Å². The van der Waals surface area contributed by atoms with Gasteiger partial charge in [0.15, 0.2) is 0 Å². The Morgan fingerprint density at radius 2 is 0.875 bits per heavy atom. The van der Waals surface area contributed by atoms with E-state index >= 15 is 0 Å². The summed E-state index contributed by atoms with van der Waals surface area (Å²) in [5.74, 6) is 1.66. The molecule has 1 unspecified atom stereocenters. The summed E-state index contributed by atoms with van der Waals surface area (Å²) in [5.41, 5.74) is 6.05. The minimum atomic E-state index is 0.769. The summed E-state index contributed by atoms with van der Waals surface area (Å²) in [6.45, 7) is 7.83. The Morgan fingerprint density at radius 1 is 0.500 bits per heavy atom. The Balaban J connectivity index is 3.81. The van der Waals surface area contributed by atoms with Crippen LogP contribution in [0.25, 0.3) is 0 Å². The molecule has 0 radical (unpaired) electrons. The van der Waals surface area contributed by atoms with Crippen LogP contribution in [0.2, 0.25) is 0 Å². The standard InChI is InChI=1S/C23H49N/c1-4-7-9-11-13-15-17-19-23(22(6-3)21-24)20-18-16-14-12-10-8-5-2/h22-23H,4-21,24H2,1-3H3. The van der Waals surface area contributed by atoms with Crippen LogP contribution < -0.4 is 5.73 Å². The molecule has 0 saturated carbocycles. The van der Waals surface area contributed by atoms with E-state index in [1.54, 1.807) is 0 Å². The van der Waals surface area contributed by atoms with Gasteiger partial charge in [0.05, 0.1) is 0 Å². The van der Waals surface area contributed by atoms with Gasteiger partial charge in [0.25, 0.3) is 0 Å². The van der Waals surface area contributed by atoms with Gasteiger partial charge in [-0.3, -0.25) is 0 Å². The molecule has 0 aliphatic rings. The summed E-state index contributed by atoms with van der Waals surface area (Å²) in [5, 5.41) is 0. The Morgan fingerprint density at radius 3 is 1.21 bits per heavy atom. The topological polar surface area (TPSA) is 26.0 Å². The van der Waals surface area contributed by atoms with Crippen molar-refractivity contribution >= 4 is 0 Å². The highest BCUT2D eigenvalue weighted by Crippen LogP contribution is 2.27. The summed E-state index contributed by atoms with van der Waals surface area (Å²) < 4.78 is 0. The third-order valence-electron chi connectivity index (χ3n) is 5.85. The first-order valence-corrected chi connectivity index (χ1v) is 11.5. The fourth-order valence-corrected chi connectivity index (χ4v) is 4.04. The molecule has 0 saturated heterocycles. The molecule has 1 heteroatoms. The Bertz CT molecular complexity index is 204. The largest absolute Gasteiger partial charge is 0.330 e. The highest BCUT2D eigenvalue weighted by molar-refractivity contribution is 4.70. The molecule has 146 valence electrons. The summed E-state index contributed by atoms with van der Waals surface area (Å²) in [7, 11) is 0. The number of nitrogens with two attached hydrogens (primary N) is 1. The van der Waals surface area contributed by atoms with Gasteiger partial charge in [-0.15, -0.1) is 0 Å². The maximum Gasteiger partial charge on any atom is -0.00463 e. The van der Waals surface area contributed by atoms with Gasteiger partial charge in [0, 0.05) is 0 Å². The molecule has 0 aromatic rings. The Hall–Kier alpha value is -0.0400. The molecule has 2 N–H and O–H groups in total. The van der Waals surface area contributed by atoms with Crippen LogP contribution >= 0.6 is 0 Å². The average molecular weight is 340 g/mol. The molecule has 0 rings (SSSR count). The third kappa shape index (κ3) is 14.3. The van der Waals surface area contributed by atoms with Crippen LogP contribution in [0, 0.1) is 11.8 Å². The molecule has 0 aromatic carbocycles. The zero-order valence-electron chi connectivity index (χ0n) is 17.5. The van der Waals surface area contributed by atoms with E-state index in [2.05, 4.69) is 20.8 Å². The molecule has 1 nitrogen and oxygen atoms in total. The van der Waals surface area contributed by atoms with E-state index in [1.165, 1.54) is 109 Å². The molecule has 0 fully saturated rings. The summed E-state index contributed by atoms with van der Waals surface area (Å²) >= 11 is 0. The minimum absolute atomic E-state index is 0.769. The van der Waals surface area contributed by atoms with Crippen molar-refractivity contribution in [2.24, 2.45) is 17.6 Å². The monoisotopic (exact) mass is 339 g/mol. The Labute approximate surface area is 154 Å². The summed E-state index contributed by atoms with van der Waals surface area (Å²) in [6.07, 6.45) is 24.1. The van der Waals surface area contributed by atoms with E-state index in [-0.39, 0.29) is 0 Å². The normalized spacial score (nSPS) is 12.9. The van der Waals surface area contributed by atoms with E-state index < -0.39 is 0 Å². The molecule has 0 heterocycles. The van der Waals surface area contributed by atoms with Gasteiger partial charge in [-0.1, -0.05) is 130 Å². The van der Waals surface area contributed by atoms with Gasteiger partial charge in [-0.05, 0) is 18.4 Å². The molecule has 0 aromatic heterocycles. The zero-order valence-corrected chi connectivity index (χ0v) is 17.5. The van der Waals surface area contributed by atoms with Crippen molar-refractivity contribution in [1.82, 2.24) is 0 Å². The first kappa shape index (κ1) is 24.0. The van der Waals surface area contributed by atoms with E-state index in [1.807, 2.05) is 0 Å². The maximum absolute atomic E-state index is 6.05. The second kappa shape index (κ2) is 19.3. The molecule has 1 atom stereocenters. The van der Waals surface area contributed by atoms with Gasteiger partial charge < -0.3 is 5.73 Å². The third-order valence-corrected chi connectivity index (χ3v) is 5.85. The highest BCUT2D eigenvalue weighted by atomic mass is 14.6. The second-order valence-corrected chi connectivity index (χ2v) is 7.98. The molecule has 0 bridgehead atoms. The fraction of sp³-hybridized carbons (Fsp3) is 1.00. The molecule has 0 amide bonds. The highest BCUT2D eigenvalue weighted by Gasteiger charge is 2.17. The van der Waals surface area contributed by atoms with Crippen LogP contribution in [0.1, 0.15) is 130 Å². The quantitative estimate of drug-likeness (QED) is 0.238. The van der Waals surface area contributed by atoms with Crippen LogP contribution in [0.4, 0.5) is 0 Å². The lowest BCUT2D eigenvalue weighted by Crippen LogP contribution is -2.23. The fourth-order valence-electron chi connectivity index (χ4n) is 4.04. The van der Waals surface area contributed by atoms with Gasteiger partial charge >= 0.3 is 0 Å². The first-order valence-electron chi connectivity index (χ1n) is 11.5. The number of hydrogen-bond acceptors (Lipinski definition) is 1. The number of unbranched alkanes of at least 4 members (excludes halogenated alkanes) is 12. The van der Waals surface area contributed by atoms with Crippen molar-refractivity contribution in [1.29, 1.82) is 0 Å². The van der Waals surface area contributed by atoms with Crippen molar-refractivity contribution in [2.45, 2.75) is 130 Å². The first-order chi connectivity index (χ1) is 11.8. The zero-order chi connectivity index (χ0) is 17.9. The average Bonchev–Trinajstić information content (AvgIpc) is 2.60. The van der Waals surface area contributed by atoms with Gasteiger partial charge in [0.2, 0.25) is 0 Å². The maximum atomic E-state index is 6.05. The van der Waals surface area contributed by atoms with Crippen LogP contribution in [0.3, 0.4) is 0 Å². The van der Waals surface area contributed by atoms with Crippen molar-refractivity contribution in [3.63, 3.8) is 0 Å². The second-order valence-electron chi connectivity index (χ2n) is 7.98. The van der Waals surface area contributed by atoms with E-state index in [0.717, 1.165) is 18.4 Å². The van der Waals surface area contributed by atoms with Gasteiger partial charge in [0.1, 0.15) is 0 Å². The van der Waals surface area contributed by atoms with Crippen molar-refractivity contribution in [3.05, 3.63) is 0 Å². The van der Waals surface area contributed by atoms with Crippen LogP contribution in [0.5, 0.6) is 0 Å². The predicted molar refractivity (Wildman–Crippen MR) is 112 cm³/mol. The molecule has 0 aliphatic carbocycles. The SMILES string of the molecule is CCCCCCCCCC(CCCCCCCCC)C(CC)CN. The van der Waals surface area contributed by atoms with Crippen LogP contribution in [0.15, 0.2) is 0 Å². The predicted octanol–water partition coefficient (Wildman–Crippen LogP) is 7.87. The number of hydrogen-bond donors (Lipinski definition) is 1. The Kier molecular flexibility index (Phi) is 19.3. The lowest BCUT2D eigenvalue weighted by molar-refractivity contribution is 0.275. The molecule has 0 aliphatic heterocycles. The molecule has 0 spiro atoms. The summed E-state index contributed by atoms with van der Waals surface area (Å²) in [4.78, 5) is 0. The van der Waals surface area contributed by atoms with Gasteiger partial charge in [-0.25, -0.2) is 0 Å². The smallest absolute Gasteiger partial charge is 0.00463 e. The van der Waals surface area contributed by atoms with Crippen molar-refractivity contribution in [2.75, 3.05) is 6.54 Å². The van der Waals surface area contributed by atoms with E-state index in [0.29, 0.717) is 0 Å². The van der Waals surface area contributed by atoms with E-state index in [9.17, 15) is 0 Å². The molecular weight excluding hydrogens is 290 g/mol. The lowest BCUT2D eigenvalue weighted by atomic mass is 9.82. The van der Waals surface area contributed by atoms with Crippen LogP contribution in [-0.4, -0.2) is 6.54 Å². The van der Waals surface area contributed by atoms with Crippen LogP contribution in [-0.2, 0) is 0 Å². The minimum Gasteiger partial charge on any atom is -0.330 e. The van der Waals surface area contributed by atoms with Crippen molar-refractivity contribution < 1.29 is 0 Å². The number of rotatable bonds is 19. The molecule has 24 heavy (non-hydrogen) atoms.